The monoisotopic (exact) mass is 370 g/mol. The molecule has 1 N–H and O–H groups in total. The van der Waals surface area contributed by atoms with E-state index in [1.807, 2.05) is 19.2 Å². The number of hydrogen-bond donors (Lipinski definition) is 1. The molecule has 27 heavy (non-hydrogen) atoms. The number of aromatic nitrogens is 1. The molecule has 2 saturated heterocycles. The molecule has 0 saturated carbocycles. The maximum absolute atomic E-state index is 13.4. The number of nitrogens with one attached hydrogen (secondary N) is 1. The minimum Gasteiger partial charge on any atom is -0.351 e. The third-order valence-corrected chi connectivity index (χ3v) is 6.33. The van der Waals surface area contributed by atoms with Gasteiger partial charge in [-0.2, -0.15) is 0 Å². The zero-order chi connectivity index (χ0) is 19.4. The van der Waals surface area contributed by atoms with Crippen molar-refractivity contribution in [3.05, 3.63) is 41.2 Å². The van der Waals surface area contributed by atoms with Crippen LogP contribution in [0.1, 0.15) is 44.2 Å². The summed E-state index contributed by atoms with van der Waals surface area (Å²) in [6.45, 7) is 10.9. The van der Waals surface area contributed by atoms with Crippen molar-refractivity contribution in [1.82, 2.24) is 20.1 Å². The molecule has 1 aromatic heterocycles. The van der Waals surface area contributed by atoms with E-state index in [1.165, 1.54) is 5.57 Å². The number of nitrogens with zero attached hydrogens (tertiary/aromatic N) is 3. The van der Waals surface area contributed by atoms with Crippen LogP contribution in [0.25, 0.3) is 0 Å². The Kier molecular flexibility index (Phi) is 6.33. The van der Waals surface area contributed by atoms with Gasteiger partial charge in [-0.25, -0.2) is 0 Å². The van der Waals surface area contributed by atoms with Gasteiger partial charge in [-0.05, 0) is 77.4 Å². The van der Waals surface area contributed by atoms with E-state index in [0.29, 0.717) is 12.6 Å². The average molecular weight is 371 g/mol. The first kappa shape index (κ1) is 20.0. The molecular weight excluding hydrogens is 336 g/mol. The lowest BCUT2D eigenvalue weighted by Crippen LogP contribution is -2.65. The predicted molar refractivity (Wildman–Crippen MR) is 109 cm³/mol. The molecule has 2 atom stereocenters. The molecule has 2 aliphatic rings. The number of pyridine rings is 1. The molecule has 0 radical (unpaired) electrons. The summed E-state index contributed by atoms with van der Waals surface area (Å²) in [6, 6.07) is 2.29. The van der Waals surface area contributed by atoms with E-state index in [0.717, 1.165) is 56.6 Å². The highest BCUT2D eigenvalue weighted by molar-refractivity contribution is 5.84. The van der Waals surface area contributed by atoms with Gasteiger partial charge in [0.15, 0.2) is 0 Å². The Balaban J connectivity index is 1.77. The van der Waals surface area contributed by atoms with Crippen LogP contribution in [0, 0.1) is 12.3 Å². The van der Waals surface area contributed by atoms with Crippen molar-refractivity contribution in [3.8, 4) is 0 Å². The standard InChI is InChI=1S/C22H34N4O/c1-17(2)7-12-26-11-5-8-22(9-13-25(4)16-20(22)26)21(27)24-15-19-6-10-23-14-18(19)3/h6-7,10,14,20H,5,8-9,11-13,15-16H2,1-4H3,(H,24,27)/t20-,22+/m0/s1. The molecule has 0 unspecified atom stereocenters. The summed E-state index contributed by atoms with van der Waals surface area (Å²) in [5.74, 6) is 0.235. The normalized spacial score (nSPS) is 26.3. The van der Waals surface area contributed by atoms with Gasteiger partial charge in [0.1, 0.15) is 0 Å². The third-order valence-electron chi connectivity index (χ3n) is 6.33. The van der Waals surface area contributed by atoms with Crippen molar-refractivity contribution in [1.29, 1.82) is 0 Å². The number of piperidine rings is 2. The van der Waals surface area contributed by atoms with Crippen molar-refractivity contribution in [2.24, 2.45) is 5.41 Å². The molecule has 0 aromatic carbocycles. The van der Waals surface area contributed by atoms with Gasteiger partial charge < -0.3 is 10.2 Å². The lowest BCUT2D eigenvalue weighted by molar-refractivity contribution is -0.144. The highest BCUT2D eigenvalue weighted by Crippen LogP contribution is 2.42. The molecule has 0 bridgehead atoms. The minimum atomic E-state index is -0.263. The number of rotatable bonds is 5. The van der Waals surface area contributed by atoms with Crippen molar-refractivity contribution < 1.29 is 4.79 Å². The van der Waals surface area contributed by atoms with Crippen molar-refractivity contribution >= 4 is 5.91 Å². The fourth-order valence-electron chi connectivity index (χ4n) is 4.58. The number of hydrogen-bond acceptors (Lipinski definition) is 4. The van der Waals surface area contributed by atoms with Crippen molar-refractivity contribution in [3.63, 3.8) is 0 Å². The predicted octanol–water partition coefficient (Wildman–Crippen LogP) is 2.76. The Labute approximate surface area is 163 Å². The highest BCUT2D eigenvalue weighted by atomic mass is 16.2. The second-order valence-corrected chi connectivity index (χ2v) is 8.55. The second-order valence-electron chi connectivity index (χ2n) is 8.55. The Morgan fingerprint density at radius 1 is 1.37 bits per heavy atom. The van der Waals surface area contributed by atoms with Crippen LogP contribution < -0.4 is 5.32 Å². The van der Waals surface area contributed by atoms with Crippen LogP contribution in [0.3, 0.4) is 0 Å². The van der Waals surface area contributed by atoms with E-state index in [1.54, 1.807) is 6.20 Å². The van der Waals surface area contributed by atoms with Gasteiger partial charge in [-0.3, -0.25) is 14.7 Å². The van der Waals surface area contributed by atoms with Gasteiger partial charge in [0.05, 0.1) is 5.41 Å². The third kappa shape index (κ3) is 4.41. The molecule has 5 nitrogen and oxygen atoms in total. The van der Waals surface area contributed by atoms with Gasteiger partial charge in [-0.15, -0.1) is 0 Å². The molecule has 0 aliphatic carbocycles. The summed E-state index contributed by atoms with van der Waals surface area (Å²) in [5, 5.41) is 3.27. The first-order valence-corrected chi connectivity index (χ1v) is 10.2. The van der Waals surface area contributed by atoms with Crippen LogP contribution in [0.15, 0.2) is 30.1 Å². The first-order valence-electron chi connectivity index (χ1n) is 10.2. The summed E-state index contributed by atoms with van der Waals surface area (Å²) in [7, 11) is 2.18. The lowest BCUT2D eigenvalue weighted by atomic mass is 9.67. The molecule has 5 heteroatoms. The Bertz CT molecular complexity index is 697. The molecular formula is C22H34N4O. The maximum Gasteiger partial charge on any atom is 0.228 e. The van der Waals surface area contributed by atoms with Crippen LogP contribution in [-0.4, -0.2) is 60.0 Å². The Morgan fingerprint density at radius 3 is 2.93 bits per heavy atom. The summed E-state index contributed by atoms with van der Waals surface area (Å²) < 4.78 is 0. The van der Waals surface area contributed by atoms with Gasteiger partial charge in [0.2, 0.25) is 5.91 Å². The van der Waals surface area contributed by atoms with E-state index >= 15 is 0 Å². The van der Waals surface area contributed by atoms with E-state index < -0.39 is 0 Å². The highest BCUT2D eigenvalue weighted by Gasteiger charge is 2.51. The fourth-order valence-corrected chi connectivity index (χ4v) is 4.58. The number of amides is 1. The minimum absolute atomic E-state index is 0.235. The molecule has 3 rings (SSSR count). The number of likely N-dealkylation sites (N-methyl/N-ethyl adjacent to an activating group) is 1. The van der Waals surface area contributed by atoms with Crippen LogP contribution in [0.2, 0.25) is 0 Å². The van der Waals surface area contributed by atoms with Crippen LogP contribution in [-0.2, 0) is 11.3 Å². The van der Waals surface area contributed by atoms with Gasteiger partial charge in [0, 0.05) is 38.1 Å². The van der Waals surface area contributed by atoms with Gasteiger partial charge in [-0.1, -0.05) is 11.6 Å². The molecule has 3 heterocycles. The number of carbonyl (C=O) groups excluding carboxylic acids is 1. The van der Waals surface area contributed by atoms with E-state index in [2.05, 4.69) is 47.1 Å². The Morgan fingerprint density at radius 2 is 2.19 bits per heavy atom. The largest absolute Gasteiger partial charge is 0.351 e. The summed E-state index contributed by atoms with van der Waals surface area (Å²) in [6.07, 6.45) is 8.99. The van der Waals surface area contributed by atoms with Crippen LogP contribution in [0.5, 0.6) is 0 Å². The number of carbonyl (C=O) groups is 1. The number of likely N-dealkylation sites (tertiary alicyclic amines) is 2. The number of fused-ring (bicyclic) bond motifs is 1. The van der Waals surface area contributed by atoms with E-state index in [4.69, 9.17) is 0 Å². The molecule has 1 amide bonds. The van der Waals surface area contributed by atoms with Crippen LogP contribution >= 0.6 is 0 Å². The van der Waals surface area contributed by atoms with E-state index in [9.17, 15) is 4.79 Å². The number of allylic oxidation sites excluding steroid dienone is 1. The van der Waals surface area contributed by atoms with Crippen LogP contribution in [0.4, 0.5) is 0 Å². The molecule has 2 aliphatic heterocycles. The maximum atomic E-state index is 13.4. The Hall–Kier alpha value is -1.72. The molecule has 148 valence electrons. The number of aryl methyl sites for hydroxylation is 1. The zero-order valence-corrected chi connectivity index (χ0v) is 17.3. The van der Waals surface area contributed by atoms with Gasteiger partial charge in [0.25, 0.3) is 0 Å². The van der Waals surface area contributed by atoms with E-state index in [-0.39, 0.29) is 11.3 Å². The second kappa shape index (κ2) is 8.53. The van der Waals surface area contributed by atoms with Gasteiger partial charge >= 0.3 is 0 Å². The van der Waals surface area contributed by atoms with Crippen molar-refractivity contribution in [2.45, 2.75) is 52.6 Å². The quantitative estimate of drug-likeness (QED) is 0.810. The molecule has 0 spiro atoms. The smallest absolute Gasteiger partial charge is 0.228 e. The topological polar surface area (TPSA) is 48.5 Å². The summed E-state index contributed by atoms with van der Waals surface area (Å²) in [5.41, 5.74) is 3.36. The first-order chi connectivity index (χ1) is 12.9. The lowest BCUT2D eigenvalue weighted by Gasteiger charge is -2.53. The summed E-state index contributed by atoms with van der Waals surface area (Å²) >= 11 is 0. The molecule has 2 fully saturated rings. The SMILES string of the molecule is CC(C)=CCN1CCC[C@@]2(C(=O)NCc3ccncc3C)CCN(C)C[C@H]12. The average Bonchev–Trinajstić information content (AvgIpc) is 2.65. The summed E-state index contributed by atoms with van der Waals surface area (Å²) in [4.78, 5) is 22.5. The zero-order valence-electron chi connectivity index (χ0n) is 17.3. The van der Waals surface area contributed by atoms with Crippen molar-refractivity contribution in [2.75, 3.05) is 33.2 Å². The fraction of sp³-hybridized carbons (Fsp3) is 0.636. The molecule has 1 aromatic rings.